The van der Waals surface area contributed by atoms with E-state index < -0.39 is 0 Å². The summed E-state index contributed by atoms with van der Waals surface area (Å²) < 4.78 is 1.59. The van der Waals surface area contributed by atoms with Crippen molar-refractivity contribution < 1.29 is 4.79 Å². The highest BCUT2D eigenvalue weighted by Crippen LogP contribution is 2.33. The molecular weight excluding hydrogens is 416 g/mol. The summed E-state index contributed by atoms with van der Waals surface area (Å²) in [4.78, 5) is 24.8. The van der Waals surface area contributed by atoms with Gasteiger partial charge < -0.3 is 21.4 Å². The topological polar surface area (TPSA) is 126 Å². The maximum Gasteiger partial charge on any atom is 0.253 e. The molecule has 0 aliphatic heterocycles. The lowest BCUT2D eigenvalue weighted by Gasteiger charge is -2.08. The zero-order chi connectivity index (χ0) is 23.1. The number of imidazole rings is 1. The number of carbonyl (C=O) groups excluding carboxylic acids is 1. The van der Waals surface area contributed by atoms with Crippen molar-refractivity contribution >= 4 is 39.9 Å². The van der Waals surface area contributed by atoms with Gasteiger partial charge in [0.2, 0.25) is 5.95 Å². The molecule has 3 aromatic heterocycles. The van der Waals surface area contributed by atoms with Crippen LogP contribution in [0.4, 0.5) is 17.5 Å². The fourth-order valence-electron chi connectivity index (χ4n) is 3.99. The molecule has 5 rings (SSSR count). The Morgan fingerprint density at radius 1 is 1.15 bits per heavy atom. The second kappa shape index (κ2) is 7.94. The number of nitrogens with one attached hydrogen (secondary N) is 3. The number of fused-ring (bicyclic) bond motifs is 2. The number of nitrogen functional groups attached to an aromatic ring is 1. The van der Waals surface area contributed by atoms with E-state index in [2.05, 4.69) is 50.6 Å². The molecule has 166 valence electrons. The fourth-order valence-corrected chi connectivity index (χ4v) is 3.99. The van der Waals surface area contributed by atoms with Gasteiger partial charge in [0, 0.05) is 24.0 Å². The molecule has 0 fully saturated rings. The number of nitrogens with zero attached hydrogens (tertiary/aromatic N) is 4. The third-order valence-corrected chi connectivity index (χ3v) is 5.81. The second-order valence-corrected chi connectivity index (χ2v) is 7.91. The molecule has 0 spiro atoms. The summed E-state index contributed by atoms with van der Waals surface area (Å²) in [6.07, 6.45) is 3.05. The quantitative estimate of drug-likeness (QED) is 0.328. The lowest BCUT2D eigenvalue weighted by Crippen LogP contribution is -2.22. The first-order valence-corrected chi connectivity index (χ1v) is 10.7. The molecule has 0 saturated carbocycles. The highest BCUT2D eigenvalue weighted by Gasteiger charge is 2.21. The number of hydrogen-bond donors (Lipinski definition) is 4. The lowest BCUT2D eigenvalue weighted by molar-refractivity contribution is 0.0956. The van der Waals surface area contributed by atoms with Gasteiger partial charge in [0.15, 0.2) is 5.82 Å². The molecule has 0 atom stereocenters. The molecule has 3 heterocycles. The monoisotopic (exact) mass is 440 g/mol. The number of anilines is 3. The van der Waals surface area contributed by atoms with Crippen LogP contribution in [-0.2, 0) is 0 Å². The van der Waals surface area contributed by atoms with Crippen LogP contribution < -0.4 is 16.4 Å². The zero-order valence-corrected chi connectivity index (χ0v) is 18.6. The Hall–Kier alpha value is -4.40. The van der Waals surface area contributed by atoms with E-state index in [1.807, 2.05) is 37.3 Å². The van der Waals surface area contributed by atoms with Crippen molar-refractivity contribution in [1.29, 1.82) is 0 Å². The number of rotatable bonds is 5. The van der Waals surface area contributed by atoms with Crippen LogP contribution in [0.5, 0.6) is 0 Å². The predicted molar refractivity (Wildman–Crippen MR) is 130 cm³/mol. The summed E-state index contributed by atoms with van der Waals surface area (Å²) in [6, 6.07) is 11.8. The van der Waals surface area contributed by atoms with Gasteiger partial charge in [-0.3, -0.25) is 4.79 Å². The molecule has 5 N–H and O–H groups in total. The third-order valence-electron chi connectivity index (χ3n) is 5.81. The van der Waals surface area contributed by atoms with Crippen LogP contribution in [0.1, 0.15) is 28.4 Å². The van der Waals surface area contributed by atoms with Crippen molar-refractivity contribution in [1.82, 2.24) is 29.9 Å². The number of hydrogen-bond acceptors (Lipinski definition) is 6. The second-order valence-electron chi connectivity index (χ2n) is 7.91. The van der Waals surface area contributed by atoms with Crippen molar-refractivity contribution in [2.45, 2.75) is 20.8 Å². The van der Waals surface area contributed by atoms with Crippen LogP contribution >= 0.6 is 0 Å². The van der Waals surface area contributed by atoms with E-state index in [1.54, 1.807) is 10.7 Å². The minimum Gasteiger partial charge on any atom is -0.382 e. The molecular formula is C24H24N8O. The first-order chi connectivity index (χ1) is 16.0. The fraction of sp³-hybridized carbons (Fsp3) is 0.167. The van der Waals surface area contributed by atoms with E-state index in [0.717, 1.165) is 22.3 Å². The number of H-pyrrole nitrogens is 1. The summed E-state index contributed by atoms with van der Waals surface area (Å²) in [7, 11) is 0. The standard InChI is InChI=1S/C24H24N8O/c1-4-26-23(33)17-11-32-21(22(25)27-12-28-32)19(17)15-6-8-16(9-7-15)29-24-30-18-10-5-13(2)14(3)20(18)31-24/h5-12H,4H2,1-3H3,(H,26,33)(H2,25,27,28)(H2,29,30,31). The molecule has 33 heavy (non-hydrogen) atoms. The lowest BCUT2D eigenvalue weighted by atomic mass is 10.0. The normalized spacial score (nSPS) is 11.2. The van der Waals surface area contributed by atoms with Crippen LogP contribution in [-0.4, -0.2) is 37.0 Å². The number of amides is 1. The van der Waals surface area contributed by atoms with Gasteiger partial charge in [-0.05, 0) is 55.7 Å². The van der Waals surface area contributed by atoms with E-state index in [4.69, 9.17) is 5.73 Å². The molecule has 5 aromatic rings. The number of aryl methyl sites for hydroxylation is 2. The Balaban J connectivity index is 1.52. The molecule has 0 aliphatic rings. The minimum atomic E-state index is -0.187. The number of nitrogens with two attached hydrogens (primary N) is 1. The molecule has 9 nitrogen and oxygen atoms in total. The summed E-state index contributed by atoms with van der Waals surface area (Å²) in [5.74, 6) is 0.791. The highest BCUT2D eigenvalue weighted by atomic mass is 16.1. The van der Waals surface area contributed by atoms with Crippen LogP contribution in [0.3, 0.4) is 0 Å². The Labute approximate surface area is 190 Å². The van der Waals surface area contributed by atoms with Gasteiger partial charge in [-0.2, -0.15) is 5.10 Å². The highest BCUT2D eigenvalue weighted by molar-refractivity contribution is 6.07. The van der Waals surface area contributed by atoms with Gasteiger partial charge in [-0.15, -0.1) is 0 Å². The number of benzene rings is 2. The third kappa shape index (κ3) is 3.53. The van der Waals surface area contributed by atoms with E-state index >= 15 is 0 Å². The van der Waals surface area contributed by atoms with Gasteiger partial charge >= 0.3 is 0 Å². The van der Waals surface area contributed by atoms with Crippen LogP contribution in [0, 0.1) is 13.8 Å². The van der Waals surface area contributed by atoms with Crippen LogP contribution in [0.25, 0.3) is 27.7 Å². The zero-order valence-electron chi connectivity index (χ0n) is 18.6. The molecule has 9 heteroatoms. The van der Waals surface area contributed by atoms with Gasteiger partial charge in [-0.1, -0.05) is 18.2 Å². The van der Waals surface area contributed by atoms with Crippen molar-refractivity contribution in [2.24, 2.45) is 0 Å². The Bertz CT molecular complexity index is 1500. The average Bonchev–Trinajstić information content (AvgIpc) is 3.40. The largest absolute Gasteiger partial charge is 0.382 e. The van der Waals surface area contributed by atoms with E-state index in [1.165, 1.54) is 17.5 Å². The molecule has 2 aromatic carbocycles. The summed E-state index contributed by atoms with van der Waals surface area (Å²) >= 11 is 0. The average molecular weight is 441 g/mol. The predicted octanol–water partition coefficient (Wildman–Crippen LogP) is 3.96. The number of carbonyl (C=O) groups is 1. The van der Waals surface area contributed by atoms with Gasteiger partial charge in [-0.25, -0.2) is 14.5 Å². The molecule has 0 bridgehead atoms. The molecule has 0 unspecified atom stereocenters. The van der Waals surface area contributed by atoms with Crippen molar-refractivity contribution in [3.8, 4) is 11.1 Å². The SMILES string of the molecule is CCNC(=O)c1cn2ncnc(N)c2c1-c1ccc(Nc2nc3ccc(C)c(C)c3[nH]2)cc1. The smallest absolute Gasteiger partial charge is 0.253 e. The van der Waals surface area contributed by atoms with Gasteiger partial charge in [0.1, 0.15) is 11.8 Å². The Morgan fingerprint density at radius 2 is 1.94 bits per heavy atom. The first kappa shape index (κ1) is 20.5. The first-order valence-electron chi connectivity index (χ1n) is 10.7. The van der Waals surface area contributed by atoms with Gasteiger partial charge in [0.05, 0.1) is 16.6 Å². The van der Waals surface area contributed by atoms with Gasteiger partial charge in [0.25, 0.3) is 5.91 Å². The molecule has 1 amide bonds. The van der Waals surface area contributed by atoms with E-state index in [-0.39, 0.29) is 5.91 Å². The maximum absolute atomic E-state index is 12.7. The summed E-state index contributed by atoms with van der Waals surface area (Å²) in [6.45, 7) is 6.56. The van der Waals surface area contributed by atoms with E-state index in [9.17, 15) is 4.79 Å². The summed E-state index contributed by atoms with van der Waals surface area (Å²) in [5.41, 5.74) is 14.0. The van der Waals surface area contributed by atoms with Crippen LogP contribution in [0.15, 0.2) is 48.9 Å². The molecule has 0 aliphatic carbocycles. The van der Waals surface area contributed by atoms with Crippen molar-refractivity contribution in [3.63, 3.8) is 0 Å². The summed E-state index contributed by atoms with van der Waals surface area (Å²) in [5, 5.41) is 10.4. The Morgan fingerprint density at radius 3 is 2.70 bits per heavy atom. The molecule has 0 saturated heterocycles. The van der Waals surface area contributed by atoms with Crippen molar-refractivity contribution in [3.05, 3.63) is 65.6 Å². The Kier molecular flexibility index (Phi) is 4.93. The van der Waals surface area contributed by atoms with Crippen LogP contribution in [0.2, 0.25) is 0 Å². The van der Waals surface area contributed by atoms with Crippen molar-refractivity contribution in [2.75, 3.05) is 17.6 Å². The number of aromatic nitrogens is 5. The van der Waals surface area contributed by atoms with E-state index in [0.29, 0.717) is 35.0 Å². The minimum absolute atomic E-state index is 0.187. The number of aromatic amines is 1. The maximum atomic E-state index is 12.7. The molecule has 0 radical (unpaired) electrons.